The number of carbonyl (C=O) groups is 2. The lowest BCUT2D eigenvalue weighted by atomic mass is 9.80. The van der Waals surface area contributed by atoms with Crippen molar-refractivity contribution in [1.82, 2.24) is 20.4 Å². The molecule has 1 aromatic heterocycles. The summed E-state index contributed by atoms with van der Waals surface area (Å²) >= 11 is 0. The van der Waals surface area contributed by atoms with E-state index in [1.54, 1.807) is 37.3 Å². The number of carbonyl (C=O) groups excluding carboxylic acids is 2. The summed E-state index contributed by atoms with van der Waals surface area (Å²) in [5.74, 6) is -2.93. The normalized spacial score (nSPS) is 17.0. The van der Waals surface area contributed by atoms with Crippen LogP contribution in [-0.4, -0.2) is 45.9 Å². The van der Waals surface area contributed by atoms with E-state index in [1.165, 1.54) is 39.9 Å². The minimum Gasteiger partial charge on any atom is -0.395 e. The average molecular weight is 607 g/mol. The fourth-order valence-corrected chi connectivity index (χ4v) is 5.36. The van der Waals surface area contributed by atoms with E-state index in [2.05, 4.69) is 10.6 Å². The van der Waals surface area contributed by atoms with E-state index >= 15 is 0 Å². The van der Waals surface area contributed by atoms with E-state index in [1.807, 2.05) is 6.19 Å². The molecule has 3 atom stereocenters. The quantitative estimate of drug-likeness (QED) is 0.155. The van der Waals surface area contributed by atoms with Gasteiger partial charge in [0.1, 0.15) is 17.7 Å². The number of nitrogens with one attached hydrogen (secondary N) is 2. The van der Waals surface area contributed by atoms with Crippen molar-refractivity contribution in [3.05, 3.63) is 113 Å². The fraction of sp³-hybridized carbons (Fsp3) is 0.226. The van der Waals surface area contributed by atoms with Gasteiger partial charge in [0.05, 0.1) is 36.1 Å². The summed E-state index contributed by atoms with van der Waals surface area (Å²) in [4.78, 5) is 29.0. The van der Waals surface area contributed by atoms with Crippen LogP contribution in [0.2, 0.25) is 0 Å². The number of alkyl halides is 3. The summed E-state index contributed by atoms with van der Waals surface area (Å²) in [5, 5.41) is 29.4. The predicted molar refractivity (Wildman–Crippen MR) is 151 cm³/mol. The highest BCUT2D eigenvalue weighted by Crippen LogP contribution is 2.45. The van der Waals surface area contributed by atoms with Crippen molar-refractivity contribution in [2.45, 2.75) is 31.1 Å². The lowest BCUT2D eigenvalue weighted by Crippen LogP contribution is -2.56. The molecule has 44 heavy (non-hydrogen) atoms. The Morgan fingerprint density at radius 2 is 1.80 bits per heavy atom. The number of aromatic nitrogens is 2. The molecule has 2 amide bonds. The van der Waals surface area contributed by atoms with Crippen LogP contribution >= 0.6 is 0 Å². The zero-order valence-electron chi connectivity index (χ0n) is 23.2. The first-order valence-corrected chi connectivity index (χ1v) is 13.5. The molecule has 5 rings (SSSR count). The molecule has 13 heteroatoms. The summed E-state index contributed by atoms with van der Waals surface area (Å²) in [6, 6.07) is 15.7. The second kappa shape index (κ2) is 12.2. The van der Waals surface area contributed by atoms with Gasteiger partial charge in [-0.15, -0.1) is 0 Å². The van der Waals surface area contributed by atoms with Crippen LogP contribution in [0, 0.1) is 17.3 Å². The van der Waals surface area contributed by atoms with Crippen LogP contribution in [0.1, 0.15) is 51.6 Å². The fourth-order valence-electron chi connectivity index (χ4n) is 5.36. The van der Waals surface area contributed by atoms with Gasteiger partial charge >= 0.3 is 6.18 Å². The molecule has 3 N–H and O–H groups in total. The molecular weight excluding hydrogens is 580 g/mol. The third-order valence-electron chi connectivity index (χ3n) is 7.34. The smallest absolute Gasteiger partial charge is 0.395 e. The molecule has 0 radical (unpaired) electrons. The Morgan fingerprint density at radius 1 is 1.09 bits per heavy atom. The summed E-state index contributed by atoms with van der Waals surface area (Å²) in [6.45, 7) is 0.990. The molecule has 0 saturated carbocycles. The highest BCUT2D eigenvalue weighted by molar-refractivity contribution is 6.05. The van der Waals surface area contributed by atoms with Gasteiger partial charge in [0.25, 0.3) is 11.8 Å². The zero-order chi connectivity index (χ0) is 31.6. The van der Waals surface area contributed by atoms with Crippen LogP contribution in [0.5, 0.6) is 0 Å². The van der Waals surface area contributed by atoms with Gasteiger partial charge in [0.15, 0.2) is 6.19 Å². The van der Waals surface area contributed by atoms with Crippen molar-refractivity contribution in [2.24, 2.45) is 0 Å². The lowest BCUT2D eigenvalue weighted by molar-refractivity contribution is -0.137. The van der Waals surface area contributed by atoms with E-state index in [4.69, 9.17) is 5.10 Å². The monoisotopic (exact) mass is 606 g/mol. The maximum atomic E-state index is 14.2. The number of rotatable bonds is 8. The van der Waals surface area contributed by atoms with Crippen LogP contribution in [-0.2, 0) is 11.0 Å². The standard InChI is InChI=1S/C31H26F4N6O3/c1-18(37-17-36)26-25-24(19-10-12-22(32)13-11-19)27(38-28(43)20-6-5-7-21(16-20)31(33,34)35)30(44)40(14-15-42)29(25)41(39-26)23-8-3-2-4-9-23/h2-13,16,18,24,27,37,42H,14-15H2,1H3,(H,38,43)/t18-,24-,27-/m1/s1. The minimum atomic E-state index is -4.70. The molecule has 1 aliphatic rings. The molecule has 4 aromatic rings. The number of amides is 2. The van der Waals surface area contributed by atoms with Crippen LogP contribution in [0.15, 0.2) is 78.9 Å². The van der Waals surface area contributed by atoms with Gasteiger partial charge in [0, 0.05) is 17.0 Å². The second-order valence-corrected chi connectivity index (χ2v) is 10.1. The van der Waals surface area contributed by atoms with Gasteiger partial charge in [-0.25, -0.2) is 9.07 Å². The van der Waals surface area contributed by atoms with E-state index in [0.29, 0.717) is 28.6 Å². The van der Waals surface area contributed by atoms with Crippen molar-refractivity contribution >= 4 is 17.6 Å². The van der Waals surface area contributed by atoms with Crippen LogP contribution in [0.4, 0.5) is 23.4 Å². The largest absolute Gasteiger partial charge is 0.416 e. The molecule has 3 aromatic carbocycles. The molecular formula is C31H26F4N6O3. The Labute approximate surface area is 249 Å². The lowest BCUT2D eigenvalue weighted by Gasteiger charge is -2.39. The topological polar surface area (TPSA) is 123 Å². The Balaban J connectivity index is 1.74. The summed E-state index contributed by atoms with van der Waals surface area (Å²) in [7, 11) is 0. The minimum absolute atomic E-state index is 0.212. The van der Waals surface area contributed by atoms with E-state index in [0.717, 1.165) is 12.1 Å². The molecule has 0 spiro atoms. The number of hydrogen-bond acceptors (Lipinski definition) is 6. The highest BCUT2D eigenvalue weighted by atomic mass is 19.4. The maximum Gasteiger partial charge on any atom is 0.416 e. The number of anilines is 1. The molecule has 0 aliphatic carbocycles. The number of nitriles is 1. The molecule has 9 nitrogen and oxygen atoms in total. The number of nitrogens with zero attached hydrogens (tertiary/aromatic N) is 4. The Morgan fingerprint density at radius 3 is 2.43 bits per heavy atom. The zero-order valence-corrected chi connectivity index (χ0v) is 23.2. The van der Waals surface area contributed by atoms with Crippen molar-refractivity contribution in [3.63, 3.8) is 0 Å². The maximum absolute atomic E-state index is 14.2. The number of benzene rings is 3. The predicted octanol–water partition coefficient (Wildman–Crippen LogP) is 4.43. The van der Waals surface area contributed by atoms with Crippen LogP contribution in [0.3, 0.4) is 0 Å². The Kier molecular flexibility index (Phi) is 8.37. The van der Waals surface area contributed by atoms with Crippen molar-refractivity contribution in [1.29, 1.82) is 5.26 Å². The number of halogens is 4. The van der Waals surface area contributed by atoms with Crippen LogP contribution in [0.25, 0.3) is 5.69 Å². The summed E-state index contributed by atoms with van der Waals surface area (Å²) < 4.78 is 55.8. The van der Waals surface area contributed by atoms with E-state index < -0.39 is 54.0 Å². The number of aliphatic hydroxyl groups excluding tert-OH is 1. The summed E-state index contributed by atoms with van der Waals surface area (Å²) in [6.07, 6.45) is -2.82. The first kappa shape index (κ1) is 30.2. The SMILES string of the molecule is C[C@@H](NC#N)c1nn(-c2ccccc2)c2c1[C@@H](c1ccc(F)cc1)[C@@H](NC(=O)c1cccc(C(F)(F)F)c1)C(=O)N2CCO. The van der Waals surface area contributed by atoms with Crippen molar-refractivity contribution in [3.8, 4) is 11.9 Å². The van der Waals surface area contributed by atoms with Crippen molar-refractivity contribution in [2.75, 3.05) is 18.1 Å². The van der Waals surface area contributed by atoms with Crippen LogP contribution < -0.4 is 15.5 Å². The molecule has 0 bridgehead atoms. The second-order valence-electron chi connectivity index (χ2n) is 10.1. The number of hydrogen-bond donors (Lipinski definition) is 3. The van der Waals surface area contributed by atoms with E-state index in [9.17, 15) is 37.5 Å². The average Bonchev–Trinajstić information content (AvgIpc) is 3.40. The number of β-amino-alcohol motifs (C(OH)–C–C–N with tert-alkyl or cyclic N) is 1. The van der Waals surface area contributed by atoms with Gasteiger partial charge in [-0.2, -0.15) is 23.5 Å². The van der Waals surface area contributed by atoms with Gasteiger partial charge in [-0.05, 0) is 55.0 Å². The molecule has 0 saturated heterocycles. The molecule has 0 fully saturated rings. The first-order valence-electron chi connectivity index (χ1n) is 13.5. The molecule has 2 heterocycles. The highest BCUT2D eigenvalue weighted by Gasteiger charge is 2.47. The number of fused-ring (bicyclic) bond motifs is 1. The van der Waals surface area contributed by atoms with Gasteiger partial charge in [-0.1, -0.05) is 36.4 Å². The van der Waals surface area contributed by atoms with Gasteiger partial charge in [0.2, 0.25) is 0 Å². The molecule has 0 unspecified atom stereocenters. The molecule has 1 aliphatic heterocycles. The summed E-state index contributed by atoms with van der Waals surface area (Å²) in [5.41, 5.74) is 0.315. The van der Waals surface area contributed by atoms with E-state index in [-0.39, 0.29) is 17.9 Å². The number of para-hydroxylation sites is 1. The number of aliphatic hydroxyl groups is 1. The van der Waals surface area contributed by atoms with Gasteiger partial charge < -0.3 is 15.7 Å². The van der Waals surface area contributed by atoms with Gasteiger partial charge in [-0.3, -0.25) is 14.5 Å². The third kappa shape index (κ3) is 5.71. The van der Waals surface area contributed by atoms with Crippen molar-refractivity contribution < 1.29 is 32.3 Å². The Hall–Kier alpha value is -5.22. The molecule has 226 valence electrons. The first-order chi connectivity index (χ1) is 21.0. The third-order valence-corrected chi connectivity index (χ3v) is 7.34. The Bertz CT molecular complexity index is 1720.